The zero-order valence-corrected chi connectivity index (χ0v) is 6.07. The Bertz CT molecular complexity index is 110. The third-order valence-electron chi connectivity index (χ3n) is 0.985. The lowest BCUT2D eigenvalue weighted by Crippen LogP contribution is -2.33. The van der Waals surface area contributed by atoms with E-state index < -0.39 is 18.2 Å². The lowest BCUT2D eigenvalue weighted by molar-refractivity contribution is -0.158. The largest absolute Gasteiger partial charge is 0.464 e. The zero-order chi connectivity index (χ0) is 8.15. The van der Waals surface area contributed by atoms with Crippen molar-refractivity contribution in [1.29, 1.82) is 0 Å². The van der Waals surface area contributed by atoms with E-state index in [1.807, 2.05) is 0 Å². The van der Waals surface area contributed by atoms with Crippen molar-refractivity contribution >= 4 is 5.97 Å². The fourth-order valence-electron chi connectivity index (χ4n) is 0.425. The van der Waals surface area contributed by atoms with Crippen molar-refractivity contribution in [2.45, 2.75) is 26.1 Å². The summed E-state index contributed by atoms with van der Waals surface area (Å²) < 4.78 is 4.42. The highest BCUT2D eigenvalue weighted by atomic mass is 16.5. The normalized spacial score (nSPS) is 16.0. The van der Waals surface area contributed by atoms with Gasteiger partial charge >= 0.3 is 5.97 Å². The van der Waals surface area contributed by atoms with Gasteiger partial charge in [-0.05, 0) is 13.8 Å². The van der Waals surface area contributed by atoms with Crippen molar-refractivity contribution in [3.8, 4) is 0 Å². The fraction of sp³-hybridized carbons (Fsp3) is 0.833. The summed E-state index contributed by atoms with van der Waals surface area (Å²) in [6.07, 6.45) is -2.49. The molecule has 0 rings (SSSR count). The molecule has 0 aliphatic heterocycles. The molecule has 4 heteroatoms. The molecule has 10 heavy (non-hydrogen) atoms. The van der Waals surface area contributed by atoms with Gasteiger partial charge < -0.3 is 14.9 Å². The van der Waals surface area contributed by atoms with Crippen LogP contribution in [0.3, 0.4) is 0 Å². The number of aliphatic hydroxyl groups excluding tert-OH is 2. The Hall–Kier alpha value is -0.610. The highest BCUT2D eigenvalue weighted by Gasteiger charge is 2.20. The van der Waals surface area contributed by atoms with Crippen molar-refractivity contribution in [2.75, 3.05) is 6.61 Å². The Morgan fingerprint density at radius 2 is 2.10 bits per heavy atom. The van der Waals surface area contributed by atoms with E-state index in [0.29, 0.717) is 0 Å². The van der Waals surface area contributed by atoms with Gasteiger partial charge in [0.25, 0.3) is 0 Å². The van der Waals surface area contributed by atoms with Gasteiger partial charge in [0.05, 0.1) is 12.7 Å². The molecule has 0 aromatic heterocycles. The first-order valence-electron chi connectivity index (χ1n) is 3.12. The van der Waals surface area contributed by atoms with Crippen LogP contribution in [-0.2, 0) is 9.53 Å². The molecule has 0 bridgehead atoms. The number of carbonyl (C=O) groups excluding carboxylic acids is 1. The molecular weight excluding hydrogens is 136 g/mol. The quantitative estimate of drug-likeness (QED) is 0.519. The molecule has 0 spiro atoms. The van der Waals surface area contributed by atoms with Crippen LogP contribution in [0.5, 0.6) is 0 Å². The second kappa shape index (κ2) is 4.24. The van der Waals surface area contributed by atoms with E-state index in [0.717, 1.165) is 0 Å². The highest BCUT2D eigenvalue weighted by Crippen LogP contribution is 1.94. The smallest absolute Gasteiger partial charge is 0.337 e. The molecule has 0 aromatic rings. The van der Waals surface area contributed by atoms with Gasteiger partial charge in [0.2, 0.25) is 0 Å². The molecule has 0 saturated heterocycles. The molecule has 0 amide bonds. The van der Waals surface area contributed by atoms with Crippen molar-refractivity contribution in [1.82, 2.24) is 0 Å². The highest BCUT2D eigenvalue weighted by molar-refractivity contribution is 5.74. The summed E-state index contributed by atoms with van der Waals surface area (Å²) in [6.45, 7) is 3.16. The van der Waals surface area contributed by atoms with Crippen LogP contribution in [0, 0.1) is 0 Å². The zero-order valence-electron chi connectivity index (χ0n) is 6.07. The van der Waals surface area contributed by atoms with E-state index in [1.165, 1.54) is 6.92 Å². The third-order valence-corrected chi connectivity index (χ3v) is 0.985. The molecule has 0 aliphatic rings. The predicted octanol–water partition coefficient (Wildman–Crippen LogP) is -0.709. The molecule has 2 atom stereocenters. The van der Waals surface area contributed by atoms with Crippen molar-refractivity contribution < 1.29 is 19.7 Å². The second-order valence-electron chi connectivity index (χ2n) is 1.94. The molecule has 0 aliphatic carbocycles. The average Bonchev–Trinajstić information content (AvgIpc) is 1.87. The summed E-state index contributed by atoms with van der Waals surface area (Å²) in [7, 11) is 0. The van der Waals surface area contributed by atoms with Gasteiger partial charge in [0.15, 0.2) is 6.10 Å². The van der Waals surface area contributed by atoms with Crippen LogP contribution in [0.4, 0.5) is 0 Å². The summed E-state index contributed by atoms with van der Waals surface area (Å²) in [5.41, 5.74) is 0. The van der Waals surface area contributed by atoms with Gasteiger partial charge in [-0.1, -0.05) is 0 Å². The van der Waals surface area contributed by atoms with Gasteiger partial charge in [0.1, 0.15) is 0 Å². The SMILES string of the molecule is CCOC(=O)[C@H](O)[C@H](C)O. The lowest BCUT2D eigenvalue weighted by atomic mass is 10.2. The fourth-order valence-corrected chi connectivity index (χ4v) is 0.425. The summed E-state index contributed by atoms with van der Waals surface area (Å²) in [4.78, 5) is 10.6. The van der Waals surface area contributed by atoms with Gasteiger partial charge in [-0.25, -0.2) is 4.79 Å². The minimum atomic E-state index is -1.42. The first kappa shape index (κ1) is 9.39. The summed E-state index contributed by atoms with van der Waals surface area (Å²) >= 11 is 0. The molecule has 0 unspecified atom stereocenters. The van der Waals surface area contributed by atoms with Crippen molar-refractivity contribution in [3.05, 3.63) is 0 Å². The molecule has 60 valence electrons. The van der Waals surface area contributed by atoms with Crippen LogP contribution in [0.25, 0.3) is 0 Å². The Labute approximate surface area is 59.4 Å². The average molecular weight is 148 g/mol. The van der Waals surface area contributed by atoms with Crippen molar-refractivity contribution in [3.63, 3.8) is 0 Å². The maximum atomic E-state index is 10.6. The van der Waals surface area contributed by atoms with Crippen LogP contribution in [-0.4, -0.2) is 35.0 Å². The lowest BCUT2D eigenvalue weighted by Gasteiger charge is -2.10. The predicted molar refractivity (Wildman–Crippen MR) is 34.3 cm³/mol. The molecule has 4 nitrogen and oxygen atoms in total. The monoisotopic (exact) mass is 148 g/mol. The minimum absolute atomic E-state index is 0.211. The van der Waals surface area contributed by atoms with E-state index in [4.69, 9.17) is 10.2 Å². The Morgan fingerprint density at radius 1 is 1.60 bits per heavy atom. The van der Waals surface area contributed by atoms with Crippen LogP contribution in [0.2, 0.25) is 0 Å². The van der Waals surface area contributed by atoms with E-state index in [2.05, 4.69) is 4.74 Å². The van der Waals surface area contributed by atoms with E-state index in [-0.39, 0.29) is 6.61 Å². The Balaban J connectivity index is 3.71. The van der Waals surface area contributed by atoms with Crippen molar-refractivity contribution in [2.24, 2.45) is 0 Å². The number of hydrogen-bond donors (Lipinski definition) is 2. The standard InChI is InChI=1S/C6H12O4/c1-3-10-6(9)5(8)4(2)7/h4-5,7-8H,3H2,1-2H3/t4-,5+/m0/s1. The summed E-state index contributed by atoms with van der Waals surface area (Å²) in [6, 6.07) is 0. The van der Waals surface area contributed by atoms with E-state index in [9.17, 15) is 4.79 Å². The summed E-state index contributed by atoms with van der Waals surface area (Å²) in [5, 5.41) is 17.5. The second-order valence-corrected chi connectivity index (χ2v) is 1.94. The summed E-state index contributed by atoms with van der Waals surface area (Å²) in [5.74, 6) is -0.780. The van der Waals surface area contributed by atoms with Crippen LogP contribution in [0.1, 0.15) is 13.8 Å². The van der Waals surface area contributed by atoms with Gasteiger partial charge in [-0.15, -0.1) is 0 Å². The van der Waals surface area contributed by atoms with Gasteiger partial charge in [0, 0.05) is 0 Å². The number of esters is 1. The molecule has 0 heterocycles. The van der Waals surface area contributed by atoms with E-state index in [1.54, 1.807) is 6.92 Å². The molecule has 0 saturated carbocycles. The molecule has 0 radical (unpaired) electrons. The minimum Gasteiger partial charge on any atom is -0.464 e. The number of ether oxygens (including phenoxy) is 1. The first-order chi connectivity index (χ1) is 4.59. The van der Waals surface area contributed by atoms with Crippen LogP contribution in [0.15, 0.2) is 0 Å². The Morgan fingerprint density at radius 3 is 2.40 bits per heavy atom. The van der Waals surface area contributed by atoms with Gasteiger partial charge in [-0.2, -0.15) is 0 Å². The van der Waals surface area contributed by atoms with Crippen LogP contribution >= 0.6 is 0 Å². The number of aliphatic hydroxyl groups is 2. The molecule has 0 fully saturated rings. The first-order valence-corrected chi connectivity index (χ1v) is 3.12. The maximum Gasteiger partial charge on any atom is 0.337 e. The van der Waals surface area contributed by atoms with Gasteiger partial charge in [-0.3, -0.25) is 0 Å². The number of rotatable bonds is 3. The van der Waals surface area contributed by atoms with E-state index >= 15 is 0 Å². The molecule has 0 aromatic carbocycles. The molecular formula is C6H12O4. The third kappa shape index (κ3) is 2.80. The maximum absolute atomic E-state index is 10.6. The molecule has 2 N–H and O–H groups in total. The van der Waals surface area contributed by atoms with Crippen LogP contribution < -0.4 is 0 Å². The topological polar surface area (TPSA) is 66.8 Å². The number of carbonyl (C=O) groups is 1. The Kier molecular flexibility index (Phi) is 3.99. The number of hydrogen-bond acceptors (Lipinski definition) is 4.